The lowest BCUT2D eigenvalue weighted by Crippen LogP contribution is -2.36. The van der Waals surface area contributed by atoms with Gasteiger partial charge in [-0.3, -0.25) is 0 Å². The van der Waals surface area contributed by atoms with Crippen molar-refractivity contribution in [3.8, 4) is 5.75 Å². The average molecular weight is 222 g/mol. The molecule has 0 aliphatic carbocycles. The molecule has 1 heterocycles. The Hall–Kier alpha value is -1.10. The molecular formula is C12H18N2O2. The highest BCUT2D eigenvalue weighted by molar-refractivity contribution is 5.39. The molecule has 0 saturated carbocycles. The van der Waals surface area contributed by atoms with Crippen molar-refractivity contribution >= 4 is 0 Å². The van der Waals surface area contributed by atoms with Crippen molar-refractivity contribution in [1.29, 1.82) is 0 Å². The molecule has 1 unspecified atom stereocenters. The van der Waals surface area contributed by atoms with E-state index in [9.17, 15) is 0 Å². The molecule has 0 radical (unpaired) electrons. The summed E-state index contributed by atoms with van der Waals surface area (Å²) in [6, 6.07) is 6.06. The molecule has 1 aliphatic rings. The predicted molar refractivity (Wildman–Crippen MR) is 62.4 cm³/mol. The van der Waals surface area contributed by atoms with Crippen molar-refractivity contribution in [3.05, 3.63) is 29.3 Å². The third kappa shape index (κ3) is 2.72. The fourth-order valence-corrected chi connectivity index (χ4v) is 1.82. The monoisotopic (exact) mass is 222 g/mol. The van der Waals surface area contributed by atoms with Gasteiger partial charge >= 0.3 is 0 Å². The number of hydrogen-bond donors (Lipinski definition) is 3. The van der Waals surface area contributed by atoms with Crippen LogP contribution in [0.5, 0.6) is 5.75 Å². The van der Waals surface area contributed by atoms with E-state index in [0.29, 0.717) is 6.54 Å². The standard InChI is InChI=1S/C12H18N2O2/c13-11(8-15)7-14-6-9-1-2-12-10(5-9)3-4-16-12/h1-2,5,11,14-15H,3-4,6-8,13H2. The summed E-state index contributed by atoms with van der Waals surface area (Å²) in [5.41, 5.74) is 8.11. The summed E-state index contributed by atoms with van der Waals surface area (Å²) in [6.45, 7) is 2.22. The van der Waals surface area contributed by atoms with Gasteiger partial charge in [-0.1, -0.05) is 12.1 Å². The molecule has 0 bridgehead atoms. The van der Waals surface area contributed by atoms with Crippen LogP contribution in [-0.4, -0.2) is 30.9 Å². The van der Waals surface area contributed by atoms with Crippen molar-refractivity contribution in [1.82, 2.24) is 5.32 Å². The van der Waals surface area contributed by atoms with Crippen LogP contribution < -0.4 is 15.8 Å². The van der Waals surface area contributed by atoms with E-state index in [1.54, 1.807) is 0 Å². The van der Waals surface area contributed by atoms with E-state index in [0.717, 1.165) is 25.3 Å². The molecule has 16 heavy (non-hydrogen) atoms. The van der Waals surface area contributed by atoms with E-state index in [-0.39, 0.29) is 12.6 Å². The first-order chi connectivity index (χ1) is 7.79. The van der Waals surface area contributed by atoms with E-state index in [4.69, 9.17) is 15.6 Å². The van der Waals surface area contributed by atoms with E-state index in [1.807, 2.05) is 6.07 Å². The zero-order valence-electron chi connectivity index (χ0n) is 9.28. The number of aliphatic hydroxyl groups is 1. The lowest BCUT2D eigenvalue weighted by atomic mass is 10.1. The molecule has 88 valence electrons. The molecule has 1 aromatic rings. The van der Waals surface area contributed by atoms with E-state index in [1.165, 1.54) is 11.1 Å². The van der Waals surface area contributed by atoms with Crippen LogP contribution in [-0.2, 0) is 13.0 Å². The van der Waals surface area contributed by atoms with Crippen LogP contribution in [0.15, 0.2) is 18.2 Å². The van der Waals surface area contributed by atoms with Crippen molar-refractivity contribution in [2.24, 2.45) is 5.73 Å². The normalized spacial score (nSPS) is 15.6. The summed E-state index contributed by atoms with van der Waals surface area (Å²) in [5, 5.41) is 12.0. The Kier molecular flexibility index (Phi) is 3.77. The predicted octanol–water partition coefficient (Wildman–Crippen LogP) is 0.0307. The third-order valence-electron chi connectivity index (χ3n) is 2.72. The maximum Gasteiger partial charge on any atom is 0.122 e. The van der Waals surface area contributed by atoms with Gasteiger partial charge in [-0.05, 0) is 17.2 Å². The first-order valence-electron chi connectivity index (χ1n) is 5.61. The van der Waals surface area contributed by atoms with Crippen molar-refractivity contribution in [3.63, 3.8) is 0 Å². The van der Waals surface area contributed by atoms with Crippen LogP contribution in [0.4, 0.5) is 0 Å². The van der Waals surface area contributed by atoms with Crippen LogP contribution in [0.2, 0.25) is 0 Å². The highest BCUT2D eigenvalue weighted by Crippen LogP contribution is 2.25. The van der Waals surface area contributed by atoms with Crippen LogP contribution in [0.25, 0.3) is 0 Å². The molecule has 1 aliphatic heterocycles. The maximum absolute atomic E-state index is 8.78. The molecule has 2 rings (SSSR count). The first kappa shape index (κ1) is 11.4. The zero-order chi connectivity index (χ0) is 11.4. The van der Waals surface area contributed by atoms with Gasteiger partial charge in [0.15, 0.2) is 0 Å². The van der Waals surface area contributed by atoms with Gasteiger partial charge in [0.2, 0.25) is 0 Å². The quantitative estimate of drug-likeness (QED) is 0.657. The van der Waals surface area contributed by atoms with Gasteiger partial charge in [0, 0.05) is 25.6 Å². The molecule has 4 heteroatoms. The highest BCUT2D eigenvalue weighted by atomic mass is 16.5. The van der Waals surface area contributed by atoms with Crippen LogP contribution >= 0.6 is 0 Å². The minimum absolute atomic E-state index is 0.0189. The fourth-order valence-electron chi connectivity index (χ4n) is 1.82. The number of benzene rings is 1. The van der Waals surface area contributed by atoms with E-state index < -0.39 is 0 Å². The van der Waals surface area contributed by atoms with Gasteiger partial charge in [0.25, 0.3) is 0 Å². The first-order valence-corrected chi connectivity index (χ1v) is 5.61. The van der Waals surface area contributed by atoms with Crippen LogP contribution in [0.3, 0.4) is 0 Å². The molecule has 0 amide bonds. The summed E-state index contributed by atoms with van der Waals surface area (Å²) in [5.74, 6) is 1.01. The lowest BCUT2D eigenvalue weighted by molar-refractivity contribution is 0.262. The Labute approximate surface area is 95.4 Å². The summed E-state index contributed by atoms with van der Waals surface area (Å²) < 4.78 is 5.44. The fraction of sp³-hybridized carbons (Fsp3) is 0.500. The Balaban J connectivity index is 1.86. The Morgan fingerprint density at radius 1 is 1.50 bits per heavy atom. The summed E-state index contributed by atoms with van der Waals surface area (Å²) in [4.78, 5) is 0. The number of nitrogens with one attached hydrogen (secondary N) is 1. The topological polar surface area (TPSA) is 67.5 Å². The second-order valence-corrected chi connectivity index (χ2v) is 4.11. The summed E-state index contributed by atoms with van der Waals surface area (Å²) in [7, 11) is 0. The van der Waals surface area contributed by atoms with Gasteiger partial charge in [0.1, 0.15) is 5.75 Å². The molecular weight excluding hydrogens is 204 g/mol. The molecule has 0 spiro atoms. The van der Waals surface area contributed by atoms with E-state index in [2.05, 4.69) is 17.4 Å². The molecule has 4 N–H and O–H groups in total. The number of hydrogen-bond acceptors (Lipinski definition) is 4. The summed E-state index contributed by atoms with van der Waals surface area (Å²) >= 11 is 0. The van der Waals surface area contributed by atoms with Gasteiger partial charge in [-0.2, -0.15) is 0 Å². The largest absolute Gasteiger partial charge is 0.493 e. The number of nitrogens with two attached hydrogens (primary N) is 1. The smallest absolute Gasteiger partial charge is 0.122 e. The average Bonchev–Trinajstić information content (AvgIpc) is 2.76. The molecule has 0 aromatic heterocycles. The minimum atomic E-state index is -0.183. The molecule has 0 fully saturated rings. The van der Waals surface area contributed by atoms with Crippen molar-refractivity contribution in [2.75, 3.05) is 19.8 Å². The van der Waals surface area contributed by atoms with Crippen molar-refractivity contribution < 1.29 is 9.84 Å². The highest BCUT2D eigenvalue weighted by Gasteiger charge is 2.11. The van der Waals surface area contributed by atoms with E-state index >= 15 is 0 Å². The van der Waals surface area contributed by atoms with Crippen LogP contribution in [0, 0.1) is 0 Å². The zero-order valence-corrected chi connectivity index (χ0v) is 9.28. The second kappa shape index (κ2) is 5.30. The van der Waals surface area contributed by atoms with Crippen LogP contribution in [0.1, 0.15) is 11.1 Å². The molecule has 4 nitrogen and oxygen atoms in total. The van der Waals surface area contributed by atoms with Gasteiger partial charge in [0.05, 0.1) is 13.2 Å². The SMILES string of the molecule is NC(CO)CNCc1ccc2c(c1)CCO2. The minimum Gasteiger partial charge on any atom is -0.493 e. The lowest BCUT2D eigenvalue weighted by Gasteiger charge is -2.10. The van der Waals surface area contributed by atoms with Crippen molar-refractivity contribution in [2.45, 2.75) is 19.0 Å². The molecule has 0 saturated heterocycles. The molecule has 1 aromatic carbocycles. The Morgan fingerprint density at radius 3 is 3.19 bits per heavy atom. The third-order valence-corrected chi connectivity index (χ3v) is 2.72. The van der Waals surface area contributed by atoms with Gasteiger partial charge in [-0.15, -0.1) is 0 Å². The number of aliphatic hydroxyl groups excluding tert-OH is 1. The summed E-state index contributed by atoms with van der Waals surface area (Å²) in [6.07, 6.45) is 0.999. The van der Waals surface area contributed by atoms with Gasteiger partial charge in [-0.25, -0.2) is 0 Å². The number of fused-ring (bicyclic) bond motifs is 1. The Morgan fingerprint density at radius 2 is 2.38 bits per heavy atom. The number of rotatable bonds is 5. The van der Waals surface area contributed by atoms with Gasteiger partial charge < -0.3 is 20.9 Å². The Bertz CT molecular complexity index is 355. The maximum atomic E-state index is 8.78. The molecule has 1 atom stereocenters. The second-order valence-electron chi connectivity index (χ2n) is 4.11. The number of ether oxygens (including phenoxy) is 1.